The minimum atomic E-state index is -1.09. The lowest BCUT2D eigenvalue weighted by molar-refractivity contribution is -0.142. The molecule has 31 heavy (non-hydrogen) atoms. The normalized spacial score (nSPS) is 14.0. The Bertz CT molecular complexity index is 712. The molecule has 0 spiro atoms. The van der Waals surface area contributed by atoms with E-state index in [9.17, 15) is 14.7 Å². The third-order valence-electron chi connectivity index (χ3n) is 5.11. The van der Waals surface area contributed by atoms with E-state index in [1.807, 2.05) is 26.0 Å². The Labute approximate surface area is 188 Å². The zero-order valence-electron chi connectivity index (χ0n) is 20.9. The Morgan fingerprint density at radius 2 is 1.48 bits per heavy atom. The van der Waals surface area contributed by atoms with Crippen LogP contribution in [0, 0.1) is 11.3 Å². The molecule has 2 unspecified atom stereocenters. The largest absolute Gasteiger partial charge is 0.459 e. The molecule has 0 saturated heterocycles. The molecule has 0 aliphatic rings. The minimum absolute atomic E-state index is 0.00988. The molecule has 5 heteroatoms. The minimum Gasteiger partial charge on any atom is -0.459 e. The van der Waals surface area contributed by atoms with E-state index in [0.29, 0.717) is 11.5 Å². The first kappa shape index (κ1) is 28.9. The van der Waals surface area contributed by atoms with Crippen molar-refractivity contribution in [1.29, 1.82) is 0 Å². The van der Waals surface area contributed by atoms with E-state index in [1.165, 1.54) is 12.5 Å². The lowest BCUT2D eigenvalue weighted by atomic mass is 9.65. The van der Waals surface area contributed by atoms with E-state index in [2.05, 4.69) is 48.1 Å². The van der Waals surface area contributed by atoms with Crippen LogP contribution in [0.5, 0.6) is 0 Å². The van der Waals surface area contributed by atoms with E-state index in [1.54, 1.807) is 12.1 Å². The van der Waals surface area contributed by atoms with Gasteiger partial charge in [0.2, 0.25) is 0 Å². The highest BCUT2D eigenvalue weighted by Crippen LogP contribution is 2.42. The van der Waals surface area contributed by atoms with Gasteiger partial charge in [0.1, 0.15) is 19.3 Å². The number of esters is 2. The van der Waals surface area contributed by atoms with Gasteiger partial charge in [0.05, 0.1) is 5.56 Å². The number of carbonyl (C=O) groups excluding carboxylic acids is 2. The van der Waals surface area contributed by atoms with Crippen LogP contribution in [0.3, 0.4) is 0 Å². The fourth-order valence-electron chi connectivity index (χ4n) is 3.33. The van der Waals surface area contributed by atoms with E-state index in [-0.39, 0.29) is 29.6 Å². The van der Waals surface area contributed by atoms with Crippen LogP contribution in [0.2, 0.25) is 0 Å². The standard InChI is InChI=1S/C24H36O5.C2H6/c1-16(2)21(26)28-13-20(25)14-29-22(27)18-9-11-19(12-10-18)24(8,17(3)4)15-23(5,6)7;1-2/h9-12,17,20,25H,1,13-15H2,2-8H3;1-2H3. The summed E-state index contributed by atoms with van der Waals surface area (Å²) < 4.78 is 9.97. The van der Waals surface area contributed by atoms with Crippen LogP contribution in [0.25, 0.3) is 0 Å². The molecule has 5 nitrogen and oxygen atoms in total. The van der Waals surface area contributed by atoms with Gasteiger partial charge in [0.15, 0.2) is 0 Å². The Balaban J connectivity index is 0.00000436. The number of rotatable bonds is 9. The van der Waals surface area contributed by atoms with Crippen molar-refractivity contribution in [2.24, 2.45) is 11.3 Å². The molecule has 2 atom stereocenters. The molecule has 0 fully saturated rings. The number of aliphatic hydroxyl groups is 1. The molecule has 0 saturated carbocycles. The predicted octanol–water partition coefficient (Wildman–Crippen LogP) is 5.70. The van der Waals surface area contributed by atoms with E-state index < -0.39 is 18.0 Å². The number of carbonyl (C=O) groups is 2. The van der Waals surface area contributed by atoms with Gasteiger partial charge in [-0.3, -0.25) is 0 Å². The summed E-state index contributed by atoms with van der Waals surface area (Å²) in [5.41, 5.74) is 2.02. The smallest absolute Gasteiger partial charge is 0.338 e. The van der Waals surface area contributed by atoms with Gasteiger partial charge < -0.3 is 14.6 Å². The molecule has 176 valence electrons. The molecule has 1 aromatic rings. The third-order valence-corrected chi connectivity index (χ3v) is 5.11. The molecule has 0 aliphatic carbocycles. The number of ether oxygens (including phenoxy) is 2. The van der Waals surface area contributed by atoms with Crippen molar-refractivity contribution >= 4 is 11.9 Å². The van der Waals surface area contributed by atoms with Crippen molar-refractivity contribution < 1.29 is 24.2 Å². The average molecular weight is 435 g/mol. The van der Waals surface area contributed by atoms with Crippen LogP contribution in [0.4, 0.5) is 0 Å². The molecule has 1 rings (SSSR count). The van der Waals surface area contributed by atoms with Crippen molar-refractivity contribution in [3.8, 4) is 0 Å². The number of hydrogen-bond donors (Lipinski definition) is 1. The first-order valence-corrected chi connectivity index (χ1v) is 11.0. The monoisotopic (exact) mass is 434 g/mol. The molecular weight excluding hydrogens is 392 g/mol. The molecule has 1 aromatic carbocycles. The van der Waals surface area contributed by atoms with Crippen molar-refractivity contribution in [3.63, 3.8) is 0 Å². The van der Waals surface area contributed by atoms with Gasteiger partial charge in [-0.1, -0.05) is 74.1 Å². The highest BCUT2D eigenvalue weighted by atomic mass is 16.6. The summed E-state index contributed by atoms with van der Waals surface area (Å²) in [5, 5.41) is 9.81. The maximum atomic E-state index is 12.3. The average Bonchev–Trinajstić information content (AvgIpc) is 2.70. The van der Waals surface area contributed by atoms with Gasteiger partial charge in [0, 0.05) is 5.57 Å². The van der Waals surface area contributed by atoms with Crippen LogP contribution in [0.15, 0.2) is 36.4 Å². The maximum Gasteiger partial charge on any atom is 0.338 e. The summed E-state index contributed by atoms with van der Waals surface area (Å²) in [4.78, 5) is 23.6. The van der Waals surface area contributed by atoms with Gasteiger partial charge in [-0.15, -0.1) is 0 Å². The molecule has 0 aromatic heterocycles. The molecular formula is C26H42O5. The van der Waals surface area contributed by atoms with Gasteiger partial charge in [-0.25, -0.2) is 9.59 Å². The van der Waals surface area contributed by atoms with Crippen molar-refractivity contribution in [2.75, 3.05) is 13.2 Å². The summed E-state index contributed by atoms with van der Waals surface area (Å²) >= 11 is 0. The molecule has 1 N–H and O–H groups in total. The zero-order valence-corrected chi connectivity index (χ0v) is 20.9. The SMILES string of the molecule is C=C(C)C(=O)OCC(O)COC(=O)c1ccc(C(C)(CC(C)(C)C)C(C)C)cc1.CC. The fraction of sp³-hybridized carbons (Fsp3) is 0.615. The topological polar surface area (TPSA) is 72.8 Å². The van der Waals surface area contributed by atoms with Gasteiger partial charge in [0.25, 0.3) is 0 Å². The molecule has 0 bridgehead atoms. The summed E-state index contributed by atoms with van der Waals surface area (Å²) in [6, 6.07) is 7.48. The van der Waals surface area contributed by atoms with Crippen LogP contribution >= 0.6 is 0 Å². The lowest BCUT2D eigenvalue weighted by Gasteiger charge is -2.40. The van der Waals surface area contributed by atoms with Crippen molar-refractivity contribution in [1.82, 2.24) is 0 Å². The summed E-state index contributed by atoms with van der Waals surface area (Å²) in [5.74, 6) is -0.671. The lowest BCUT2D eigenvalue weighted by Crippen LogP contribution is -2.33. The second-order valence-corrected chi connectivity index (χ2v) is 9.52. The van der Waals surface area contributed by atoms with E-state index >= 15 is 0 Å². The highest BCUT2D eigenvalue weighted by molar-refractivity contribution is 5.89. The van der Waals surface area contributed by atoms with Gasteiger partial charge in [-0.05, 0) is 47.8 Å². The van der Waals surface area contributed by atoms with E-state index in [0.717, 1.165) is 6.42 Å². The van der Waals surface area contributed by atoms with Crippen LogP contribution in [0.1, 0.15) is 84.7 Å². The van der Waals surface area contributed by atoms with Gasteiger partial charge in [-0.2, -0.15) is 0 Å². The third kappa shape index (κ3) is 9.69. The van der Waals surface area contributed by atoms with E-state index in [4.69, 9.17) is 9.47 Å². The van der Waals surface area contributed by atoms with Crippen LogP contribution in [-0.2, 0) is 19.7 Å². The van der Waals surface area contributed by atoms with Crippen molar-refractivity contribution in [2.45, 2.75) is 80.3 Å². The number of benzene rings is 1. The zero-order chi connectivity index (χ0) is 24.4. The number of hydrogen-bond acceptors (Lipinski definition) is 5. The quantitative estimate of drug-likeness (QED) is 0.399. The van der Waals surface area contributed by atoms with Crippen molar-refractivity contribution in [3.05, 3.63) is 47.5 Å². The first-order chi connectivity index (χ1) is 14.3. The Hall–Kier alpha value is -2.14. The Morgan fingerprint density at radius 1 is 1.00 bits per heavy atom. The Kier molecular flexibility index (Phi) is 11.8. The highest BCUT2D eigenvalue weighted by Gasteiger charge is 2.34. The van der Waals surface area contributed by atoms with Crippen LogP contribution < -0.4 is 0 Å². The molecule has 0 aliphatic heterocycles. The summed E-state index contributed by atoms with van der Waals surface area (Å²) in [7, 11) is 0. The number of aliphatic hydroxyl groups excluding tert-OH is 1. The fourth-order valence-corrected chi connectivity index (χ4v) is 3.33. The first-order valence-electron chi connectivity index (χ1n) is 11.0. The Morgan fingerprint density at radius 3 is 1.90 bits per heavy atom. The summed E-state index contributed by atoms with van der Waals surface area (Å²) in [6.45, 7) is 21.9. The predicted molar refractivity (Wildman–Crippen MR) is 126 cm³/mol. The maximum absolute atomic E-state index is 12.3. The van der Waals surface area contributed by atoms with Crippen LogP contribution in [-0.4, -0.2) is 36.4 Å². The second kappa shape index (κ2) is 12.7. The second-order valence-electron chi connectivity index (χ2n) is 9.52. The summed E-state index contributed by atoms with van der Waals surface area (Å²) in [6.07, 6.45) is -0.0612. The molecule has 0 amide bonds. The molecule has 0 radical (unpaired) electrons. The van der Waals surface area contributed by atoms with Gasteiger partial charge >= 0.3 is 11.9 Å². The molecule has 0 heterocycles.